The second-order valence-electron chi connectivity index (χ2n) is 7.19. The Morgan fingerprint density at radius 3 is 2.70 bits per heavy atom. The van der Waals surface area contributed by atoms with Crippen molar-refractivity contribution in [1.82, 2.24) is 19.7 Å². The van der Waals surface area contributed by atoms with Crippen molar-refractivity contribution in [1.29, 1.82) is 0 Å². The van der Waals surface area contributed by atoms with Gasteiger partial charge in [-0.2, -0.15) is 0 Å². The molecule has 5 nitrogen and oxygen atoms in total. The van der Waals surface area contributed by atoms with Crippen molar-refractivity contribution in [3.8, 4) is 0 Å². The van der Waals surface area contributed by atoms with Gasteiger partial charge in [-0.1, -0.05) is 30.3 Å². The van der Waals surface area contributed by atoms with E-state index in [9.17, 15) is 0 Å². The summed E-state index contributed by atoms with van der Waals surface area (Å²) >= 11 is 7.00. The van der Waals surface area contributed by atoms with E-state index >= 15 is 0 Å². The lowest BCUT2D eigenvalue weighted by atomic mass is 9.90. The van der Waals surface area contributed by atoms with Gasteiger partial charge in [-0.15, -0.1) is 16.4 Å². The number of rotatable bonds is 6. The maximum absolute atomic E-state index is 5.67. The third-order valence-electron chi connectivity index (χ3n) is 5.06. The summed E-state index contributed by atoms with van der Waals surface area (Å²) in [6, 6.07) is 10.8. The first kappa shape index (κ1) is 18.5. The van der Waals surface area contributed by atoms with Crippen molar-refractivity contribution >= 4 is 23.6 Å². The molecular formula is C20H24N4OS2. The first-order valence-corrected chi connectivity index (χ1v) is 10.7. The van der Waals surface area contributed by atoms with Crippen LogP contribution in [0, 0.1) is 17.7 Å². The van der Waals surface area contributed by atoms with Gasteiger partial charge in [-0.25, -0.2) is 9.67 Å². The first-order chi connectivity index (χ1) is 13.2. The highest BCUT2D eigenvalue weighted by atomic mass is 32.1. The fourth-order valence-corrected chi connectivity index (χ4v) is 4.43. The van der Waals surface area contributed by atoms with Crippen molar-refractivity contribution in [3.63, 3.8) is 0 Å². The molecule has 0 aliphatic carbocycles. The molecule has 1 aliphatic heterocycles. The second-order valence-corrected chi connectivity index (χ2v) is 8.60. The number of thiazole rings is 1. The summed E-state index contributed by atoms with van der Waals surface area (Å²) in [7, 11) is 0. The Balaban J connectivity index is 1.30. The van der Waals surface area contributed by atoms with E-state index in [1.54, 1.807) is 16.0 Å². The summed E-state index contributed by atoms with van der Waals surface area (Å²) in [5, 5.41) is 7.67. The van der Waals surface area contributed by atoms with E-state index in [4.69, 9.17) is 16.6 Å². The molecule has 0 bridgehead atoms. The Morgan fingerprint density at radius 2 is 2.00 bits per heavy atom. The van der Waals surface area contributed by atoms with Gasteiger partial charge in [0, 0.05) is 18.5 Å². The van der Waals surface area contributed by atoms with E-state index < -0.39 is 0 Å². The predicted molar refractivity (Wildman–Crippen MR) is 109 cm³/mol. The van der Waals surface area contributed by atoms with Gasteiger partial charge in [0.1, 0.15) is 0 Å². The van der Waals surface area contributed by atoms with Crippen LogP contribution in [0.5, 0.6) is 0 Å². The third kappa shape index (κ3) is 4.91. The monoisotopic (exact) mass is 400 g/mol. The van der Waals surface area contributed by atoms with Crippen LogP contribution in [-0.4, -0.2) is 32.8 Å². The smallest absolute Gasteiger partial charge is 0.288 e. The highest BCUT2D eigenvalue weighted by Crippen LogP contribution is 2.22. The van der Waals surface area contributed by atoms with Crippen molar-refractivity contribution < 1.29 is 4.42 Å². The number of aromatic nitrogens is 3. The molecule has 142 valence electrons. The number of likely N-dealkylation sites (tertiary alicyclic amines) is 1. The molecule has 1 saturated heterocycles. The zero-order valence-electron chi connectivity index (χ0n) is 15.5. The average molecular weight is 401 g/mol. The van der Waals surface area contributed by atoms with Gasteiger partial charge < -0.3 is 4.42 Å². The van der Waals surface area contributed by atoms with Crippen molar-refractivity contribution in [2.75, 3.05) is 13.1 Å². The maximum atomic E-state index is 5.67. The molecule has 0 amide bonds. The molecule has 0 spiro atoms. The molecule has 27 heavy (non-hydrogen) atoms. The average Bonchev–Trinajstić information content (AvgIpc) is 3.23. The molecule has 3 heterocycles. The maximum Gasteiger partial charge on any atom is 0.288 e. The minimum absolute atomic E-state index is 0.448. The summed E-state index contributed by atoms with van der Waals surface area (Å²) in [6.07, 6.45) is 4.20. The van der Waals surface area contributed by atoms with Crippen LogP contribution in [0.3, 0.4) is 0 Å². The van der Waals surface area contributed by atoms with Gasteiger partial charge in [0.2, 0.25) is 5.89 Å². The Labute approximate surface area is 168 Å². The van der Waals surface area contributed by atoms with E-state index in [1.165, 1.54) is 24.8 Å². The van der Waals surface area contributed by atoms with Crippen molar-refractivity contribution in [2.45, 2.75) is 39.3 Å². The molecule has 0 unspecified atom stereocenters. The molecule has 0 atom stereocenters. The third-order valence-corrected chi connectivity index (χ3v) is 6.17. The van der Waals surface area contributed by atoms with Gasteiger partial charge in [0.25, 0.3) is 4.84 Å². The van der Waals surface area contributed by atoms with Crippen LogP contribution in [0.1, 0.15) is 35.0 Å². The molecule has 0 saturated carbocycles. The largest absolute Gasteiger partial charge is 0.414 e. The molecule has 7 heteroatoms. The molecular weight excluding hydrogens is 376 g/mol. The first-order valence-electron chi connectivity index (χ1n) is 9.40. The van der Waals surface area contributed by atoms with Gasteiger partial charge in [-0.3, -0.25) is 4.90 Å². The van der Waals surface area contributed by atoms with E-state index in [-0.39, 0.29) is 0 Å². The Kier molecular flexibility index (Phi) is 5.80. The summed E-state index contributed by atoms with van der Waals surface area (Å²) in [6.45, 7) is 4.86. The van der Waals surface area contributed by atoms with Crippen molar-refractivity contribution in [2.24, 2.45) is 5.92 Å². The molecule has 1 aliphatic rings. The van der Waals surface area contributed by atoms with Crippen LogP contribution >= 0.6 is 23.6 Å². The molecule has 1 aromatic carbocycles. The molecule has 0 radical (unpaired) electrons. The predicted octanol–water partition coefficient (Wildman–Crippen LogP) is 4.47. The summed E-state index contributed by atoms with van der Waals surface area (Å²) in [5.41, 5.74) is 2.43. The second kappa shape index (κ2) is 8.46. The van der Waals surface area contributed by atoms with Crippen LogP contribution in [0.25, 0.3) is 0 Å². The van der Waals surface area contributed by atoms with Crippen LogP contribution < -0.4 is 0 Å². The van der Waals surface area contributed by atoms with Crippen LogP contribution in [-0.2, 0) is 19.5 Å². The summed E-state index contributed by atoms with van der Waals surface area (Å²) in [4.78, 5) is 7.33. The lowest BCUT2D eigenvalue weighted by Crippen LogP contribution is -2.36. The van der Waals surface area contributed by atoms with Gasteiger partial charge in [0.05, 0.1) is 23.8 Å². The molecule has 2 aromatic heterocycles. The minimum atomic E-state index is 0.448. The van der Waals surface area contributed by atoms with Crippen molar-refractivity contribution in [3.05, 3.63) is 62.7 Å². The summed E-state index contributed by atoms with van der Waals surface area (Å²) in [5.74, 6) is 1.40. The molecule has 4 rings (SSSR count). The standard InChI is InChI=1S/C20H24N4OS2/c1-15-21-18(13-27-15)12-19-22-24(20(26)25-19)14-23-9-7-17(8-10-23)11-16-5-3-2-4-6-16/h2-6,13,17H,7-12,14H2,1H3. The lowest BCUT2D eigenvalue weighted by Gasteiger charge is -2.31. The molecule has 1 fully saturated rings. The summed E-state index contributed by atoms with van der Waals surface area (Å²) < 4.78 is 7.48. The van der Waals surface area contributed by atoms with E-state index in [1.807, 2.05) is 12.3 Å². The zero-order valence-corrected chi connectivity index (χ0v) is 17.1. The molecule has 3 aromatic rings. The Hall–Kier alpha value is -1.83. The molecule has 0 N–H and O–H groups in total. The minimum Gasteiger partial charge on any atom is -0.414 e. The number of nitrogens with zero attached hydrogens (tertiary/aromatic N) is 4. The lowest BCUT2D eigenvalue weighted by molar-refractivity contribution is 0.138. The van der Waals surface area contributed by atoms with Gasteiger partial charge in [0.15, 0.2) is 0 Å². The zero-order chi connectivity index (χ0) is 18.6. The van der Waals surface area contributed by atoms with Gasteiger partial charge >= 0.3 is 0 Å². The fraction of sp³-hybridized carbons (Fsp3) is 0.450. The van der Waals surface area contributed by atoms with E-state index in [0.29, 0.717) is 23.8 Å². The van der Waals surface area contributed by atoms with E-state index in [0.717, 1.165) is 29.7 Å². The number of aryl methyl sites for hydroxylation is 1. The van der Waals surface area contributed by atoms with E-state index in [2.05, 4.69) is 45.3 Å². The highest BCUT2D eigenvalue weighted by Gasteiger charge is 2.20. The number of piperidine rings is 1. The Bertz CT molecular complexity index is 923. The Morgan fingerprint density at radius 1 is 1.22 bits per heavy atom. The normalized spacial score (nSPS) is 16.0. The highest BCUT2D eigenvalue weighted by molar-refractivity contribution is 7.71. The fourth-order valence-electron chi connectivity index (χ4n) is 3.62. The topological polar surface area (TPSA) is 47.1 Å². The van der Waals surface area contributed by atoms with Crippen LogP contribution in [0.4, 0.5) is 0 Å². The number of hydrogen-bond donors (Lipinski definition) is 0. The van der Waals surface area contributed by atoms with Gasteiger partial charge in [-0.05, 0) is 49.9 Å². The number of benzene rings is 1. The van der Waals surface area contributed by atoms with Crippen LogP contribution in [0.15, 0.2) is 40.1 Å². The van der Waals surface area contributed by atoms with Crippen LogP contribution in [0.2, 0.25) is 0 Å². The number of hydrogen-bond acceptors (Lipinski definition) is 6. The quantitative estimate of drug-likeness (QED) is 0.571. The SMILES string of the molecule is Cc1nc(Cc2nn(CN3CCC(Cc4ccccc4)CC3)c(=S)o2)cs1.